The SMILES string of the molecule is O=c1ccc2c(-c3c(F)cccc3Cl)nc(Nc3ccccc3)nc2n1OCc1cccnc1. The number of hydrogen-bond donors (Lipinski definition) is 1. The Labute approximate surface area is 198 Å². The summed E-state index contributed by atoms with van der Waals surface area (Å²) in [5.74, 6) is -0.399. The number of fused-ring (bicyclic) bond motifs is 1. The molecule has 0 fully saturated rings. The summed E-state index contributed by atoms with van der Waals surface area (Å²) in [5.41, 5.74) is 1.54. The number of benzene rings is 2. The normalized spacial score (nSPS) is 10.9. The van der Waals surface area contributed by atoms with Crippen molar-refractivity contribution in [3.63, 3.8) is 0 Å². The molecule has 7 nitrogen and oxygen atoms in total. The van der Waals surface area contributed by atoms with Gasteiger partial charge in [0, 0.05) is 35.1 Å². The topological polar surface area (TPSA) is 81.9 Å². The van der Waals surface area contributed by atoms with E-state index in [9.17, 15) is 9.18 Å². The predicted molar refractivity (Wildman–Crippen MR) is 128 cm³/mol. The summed E-state index contributed by atoms with van der Waals surface area (Å²) in [6, 6.07) is 20.1. The monoisotopic (exact) mass is 473 g/mol. The van der Waals surface area contributed by atoms with Crippen molar-refractivity contribution in [2.45, 2.75) is 6.61 Å². The van der Waals surface area contributed by atoms with Gasteiger partial charge in [0.25, 0.3) is 5.56 Å². The van der Waals surface area contributed by atoms with Gasteiger partial charge < -0.3 is 10.2 Å². The van der Waals surface area contributed by atoms with Crippen LogP contribution in [0.4, 0.5) is 16.0 Å². The second-order valence-corrected chi connectivity index (χ2v) is 7.73. The van der Waals surface area contributed by atoms with Crippen LogP contribution in [0, 0.1) is 5.82 Å². The third-order valence-corrected chi connectivity index (χ3v) is 5.34. The lowest BCUT2D eigenvalue weighted by atomic mass is 10.1. The largest absolute Gasteiger partial charge is 0.404 e. The highest BCUT2D eigenvalue weighted by atomic mass is 35.5. The molecule has 5 rings (SSSR count). The van der Waals surface area contributed by atoms with Crippen LogP contribution in [0.3, 0.4) is 0 Å². The van der Waals surface area contributed by atoms with Gasteiger partial charge in [-0.05, 0) is 36.4 Å². The minimum absolute atomic E-state index is 0.0775. The minimum atomic E-state index is -0.549. The van der Waals surface area contributed by atoms with E-state index < -0.39 is 11.4 Å². The molecule has 0 saturated heterocycles. The number of rotatable bonds is 6. The van der Waals surface area contributed by atoms with Crippen molar-refractivity contribution in [1.82, 2.24) is 19.7 Å². The Morgan fingerprint density at radius 1 is 0.971 bits per heavy atom. The van der Waals surface area contributed by atoms with E-state index in [1.165, 1.54) is 24.3 Å². The predicted octanol–water partition coefficient (Wildman–Crippen LogP) is 5.02. The lowest BCUT2D eigenvalue weighted by Gasteiger charge is -2.15. The van der Waals surface area contributed by atoms with Gasteiger partial charge in [-0.1, -0.05) is 41.9 Å². The molecular weight excluding hydrogens is 457 g/mol. The average Bonchev–Trinajstić information content (AvgIpc) is 2.84. The molecule has 5 aromatic rings. The van der Waals surface area contributed by atoms with Gasteiger partial charge in [0.05, 0.1) is 16.3 Å². The number of nitrogens with one attached hydrogen (secondary N) is 1. The lowest BCUT2D eigenvalue weighted by molar-refractivity contribution is 0.0978. The van der Waals surface area contributed by atoms with E-state index in [2.05, 4.69) is 20.3 Å². The molecule has 9 heteroatoms. The van der Waals surface area contributed by atoms with Crippen LogP contribution in [-0.2, 0) is 6.61 Å². The van der Waals surface area contributed by atoms with Crippen LogP contribution in [-0.4, -0.2) is 19.7 Å². The summed E-state index contributed by atoms with van der Waals surface area (Å²) >= 11 is 6.36. The molecule has 3 aromatic heterocycles. The quantitative estimate of drug-likeness (QED) is 0.373. The molecule has 0 amide bonds. The Morgan fingerprint density at radius 2 is 1.82 bits per heavy atom. The Hall–Kier alpha value is -4.30. The first-order valence-corrected chi connectivity index (χ1v) is 10.7. The molecule has 0 spiro atoms. The van der Waals surface area contributed by atoms with Crippen LogP contribution in [0.1, 0.15) is 5.56 Å². The van der Waals surface area contributed by atoms with Gasteiger partial charge in [0.1, 0.15) is 12.4 Å². The van der Waals surface area contributed by atoms with E-state index in [1.807, 2.05) is 36.4 Å². The van der Waals surface area contributed by atoms with Gasteiger partial charge in [-0.2, -0.15) is 4.98 Å². The molecule has 0 radical (unpaired) electrons. The number of nitrogens with zero attached hydrogens (tertiary/aromatic N) is 4. The van der Waals surface area contributed by atoms with E-state index in [4.69, 9.17) is 16.4 Å². The molecule has 0 aliphatic carbocycles. The Morgan fingerprint density at radius 3 is 2.59 bits per heavy atom. The zero-order valence-corrected chi connectivity index (χ0v) is 18.4. The number of halogens is 2. The molecule has 0 aliphatic heterocycles. The molecule has 2 aromatic carbocycles. The lowest BCUT2D eigenvalue weighted by Crippen LogP contribution is -2.27. The van der Waals surface area contributed by atoms with Crippen molar-refractivity contribution in [2.75, 3.05) is 5.32 Å². The van der Waals surface area contributed by atoms with Crippen LogP contribution < -0.4 is 15.7 Å². The van der Waals surface area contributed by atoms with Crippen molar-refractivity contribution >= 4 is 34.3 Å². The van der Waals surface area contributed by atoms with Crippen LogP contribution in [0.25, 0.3) is 22.3 Å². The van der Waals surface area contributed by atoms with Crippen LogP contribution in [0.2, 0.25) is 5.02 Å². The molecule has 34 heavy (non-hydrogen) atoms. The average molecular weight is 474 g/mol. The second kappa shape index (κ2) is 9.29. The molecular formula is C25H17ClFN5O2. The van der Waals surface area contributed by atoms with Gasteiger partial charge in [-0.3, -0.25) is 9.78 Å². The molecule has 0 aliphatic rings. The number of para-hydroxylation sites is 1. The van der Waals surface area contributed by atoms with Gasteiger partial charge in [-0.15, -0.1) is 4.73 Å². The number of pyridine rings is 2. The highest BCUT2D eigenvalue weighted by Crippen LogP contribution is 2.34. The zero-order valence-electron chi connectivity index (χ0n) is 17.7. The fourth-order valence-corrected chi connectivity index (χ4v) is 3.71. The third-order valence-electron chi connectivity index (χ3n) is 5.02. The summed E-state index contributed by atoms with van der Waals surface area (Å²) in [5, 5.41) is 3.68. The molecule has 0 saturated carbocycles. The van der Waals surface area contributed by atoms with Gasteiger partial charge in [0.15, 0.2) is 5.65 Å². The minimum Gasteiger partial charge on any atom is -0.404 e. The second-order valence-electron chi connectivity index (χ2n) is 7.32. The first kappa shape index (κ1) is 21.5. The highest BCUT2D eigenvalue weighted by Gasteiger charge is 2.19. The standard InChI is InChI=1S/C25H17ClFN5O2/c26-19-9-4-10-20(27)22(19)23-18-11-12-21(33)32(34-15-16-6-5-13-28-14-16)24(18)31-25(30-23)29-17-7-2-1-3-8-17/h1-14H,15H2,(H,29,30,31). The summed E-state index contributed by atoms with van der Waals surface area (Å²) in [7, 11) is 0. The summed E-state index contributed by atoms with van der Waals surface area (Å²) in [6.07, 6.45) is 3.28. The van der Waals surface area contributed by atoms with Gasteiger partial charge in [0.2, 0.25) is 5.95 Å². The molecule has 3 heterocycles. The van der Waals surface area contributed by atoms with E-state index >= 15 is 0 Å². The maximum atomic E-state index is 14.9. The Balaban J connectivity index is 1.70. The van der Waals surface area contributed by atoms with E-state index in [1.54, 1.807) is 24.5 Å². The Kier molecular flexibility index (Phi) is 5.88. The molecule has 0 unspecified atom stereocenters. The van der Waals surface area contributed by atoms with Crippen LogP contribution >= 0.6 is 11.6 Å². The van der Waals surface area contributed by atoms with E-state index in [0.717, 1.165) is 10.3 Å². The third kappa shape index (κ3) is 4.31. The maximum Gasteiger partial charge on any atom is 0.285 e. The number of anilines is 2. The fraction of sp³-hybridized carbons (Fsp3) is 0.0400. The Bertz CT molecular complexity index is 1510. The van der Waals surface area contributed by atoms with Gasteiger partial charge in [-0.25, -0.2) is 9.37 Å². The smallest absolute Gasteiger partial charge is 0.285 e. The number of aromatic nitrogens is 4. The highest BCUT2D eigenvalue weighted by molar-refractivity contribution is 6.33. The van der Waals surface area contributed by atoms with Crippen molar-refractivity contribution in [3.8, 4) is 11.3 Å². The molecule has 0 atom stereocenters. The van der Waals surface area contributed by atoms with Gasteiger partial charge >= 0.3 is 0 Å². The van der Waals surface area contributed by atoms with Crippen molar-refractivity contribution in [3.05, 3.63) is 112 Å². The molecule has 168 valence electrons. The summed E-state index contributed by atoms with van der Waals surface area (Å²) in [6.45, 7) is 0.0775. The van der Waals surface area contributed by atoms with Crippen LogP contribution in [0.5, 0.6) is 0 Å². The molecule has 1 N–H and O–H groups in total. The van der Waals surface area contributed by atoms with Crippen molar-refractivity contribution < 1.29 is 9.23 Å². The fourth-order valence-electron chi connectivity index (χ4n) is 3.46. The summed E-state index contributed by atoms with van der Waals surface area (Å²) in [4.78, 5) is 31.7. The van der Waals surface area contributed by atoms with E-state index in [-0.39, 0.29) is 34.5 Å². The van der Waals surface area contributed by atoms with Crippen molar-refractivity contribution in [2.24, 2.45) is 0 Å². The zero-order chi connectivity index (χ0) is 23.5. The first-order chi connectivity index (χ1) is 16.6. The van der Waals surface area contributed by atoms with E-state index in [0.29, 0.717) is 11.1 Å². The first-order valence-electron chi connectivity index (χ1n) is 10.3. The molecule has 0 bridgehead atoms. The van der Waals surface area contributed by atoms with Crippen molar-refractivity contribution in [1.29, 1.82) is 0 Å². The maximum absolute atomic E-state index is 14.9. The van der Waals surface area contributed by atoms with Crippen LogP contribution in [0.15, 0.2) is 90.0 Å². The number of hydrogen-bond acceptors (Lipinski definition) is 6. The summed E-state index contributed by atoms with van der Waals surface area (Å²) < 4.78 is 16.0.